The van der Waals surface area contributed by atoms with Gasteiger partial charge in [0.2, 0.25) is 0 Å². The van der Waals surface area contributed by atoms with Crippen LogP contribution in [0.4, 0.5) is 0 Å². The molecule has 0 aliphatic rings. The van der Waals surface area contributed by atoms with Gasteiger partial charge in [-0.2, -0.15) is 0 Å². The van der Waals surface area contributed by atoms with E-state index in [4.69, 9.17) is 28.4 Å². The van der Waals surface area contributed by atoms with Crippen LogP contribution < -0.4 is 9.47 Å². The zero-order valence-electron chi connectivity index (χ0n) is 25.2. The van der Waals surface area contributed by atoms with Gasteiger partial charge in [0.25, 0.3) is 0 Å². The predicted molar refractivity (Wildman–Crippen MR) is 164 cm³/mol. The van der Waals surface area contributed by atoms with Gasteiger partial charge < -0.3 is 28.4 Å². The van der Waals surface area contributed by atoms with Crippen molar-refractivity contribution < 1.29 is 47.6 Å². The Balaban J connectivity index is 1.53. The predicted octanol–water partition coefficient (Wildman–Crippen LogP) is 6.04. The highest BCUT2D eigenvalue weighted by Gasteiger charge is 2.10. The lowest BCUT2D eigenvalue weighted by Gasteiger charge is -2.09. The molecule has 0 saturated heterocycles. The van der Waals surface area contributed by atoms with Gasteiger partial charge in [0.15, 0.2) is 0 Å². The molecule has 2 aromatic rings. The molecule has 0 bridgehead atoms. The van der Waals surface area contributed by atoms with Gasteiger partial charge in [-0.15, -0.1) is 0 Å². The number of benzene rings is 2. The van der Waals surface area contributed by atoms with Gasteiger partial charge in [-0.05, 0) is 99.9 Å². The molecule has 0 saturated carbocycles. The number of carbonyl (C=O) groups is 4. The van der Waals surface area contributed by atoms with Crippen molar-refractivity contribution in [2.24, 2.45) is 0 Å². The van der Waals surface area contributed by atoms with Crippen LogP contribution in [0.1, 0.15) is 72.1 Å². The Kier molecular flexibility index (Phi) is 17.8. The van der Waals surface area contributed by atoms with E-state index in [0.29, 0.717) is 49.1 Å². The largest absolute Gasteiger partial charge is 0.494 e. The number of esters is 4. The van der Waals surface area contributed by atoms with E-state index < -0.39 is 23.9 Å². The lowest BCUT2D eigenvalue weighted by molar-refractivity contribution is -0.138. The number of unbranched alkanes of at least 4 members (excludes halogenated alkanes) is 6. The van der Waals surface area contributed by atoms with Crippen molar-refractivity contribution >= 4 is 23.9 Å². The topological polar surface area (TPSA) is 124 Å². The number of carbonyl (C=O) groups excluding carboxylic acids is 4. The molecule has 0 radical (unpaired) electrons. The number of hydrogen-bond acceptors (Lipinski definition) is 10. The standard InChI is InChI=1S/C34H42O10/c1-3-31(35)41-23-11-7-5-9-21-39-29-17-13-27(14-18-29)33(37)43-25-26-44-34(38)28-15-19-30(20-16-28)40-22-10-6-8-12-24-42-32(36)4-2/h3-4,13-20H,1-2,5-12,21-26H2. The van der Waals surface area contributed by atoms with Gasteiger partial charge >= 0.3 is 23.9 Å². The second kappa shape index (κ2) is 22.0. The van der Waals surface area contributed by atoms with Crippen molar-refractivity contribution in [2.45, 2.75) is 51.4 Å². The van der Waals surface area contributed by atoms with Gasteiger partial charge in [-0.1, -0.05) is 13.2 Å². The minimum atomic E-state index is -0.526. The molecule has 0 aromatic heterocycles. The Bertz CT molecular complexity index is 1080. The molecule has 2 rings (SSSR count). The van der Waals surface area contributed by atoms with Crippen LogP contribution in [0.2, 0.25) is 0 Å². The second-order valence-corrected chi connectivity index (χ2v) is 9.59. The molecule has 10 heteroatoms. The molecule has 10 nitrogen and oxygen atoms in total. The molecule has 2 aromatic carbocycles. The summed E-state index contributed by atoms with van der Waals surface area (Å²) in [5, 5.41) is 0. The normalized spacial score (nSPS) is 10.3. The van der Waals surface area contributed by atoms with Crippen LogP contribution in [-0.4, -0.2) is 63.5 Å². The zero-order valence-corrected chi connectivity index (χ0v) is 25.2. The molecule has 238 valence electrons. The summed E-state index contributed by atoms with van der Waals surface area (Å²) in [6.07, 6.45) is 9.35. The maximum absolute atomic E-state index is 12.3. The van der Waals surface area contributed by atoms with Crippen LogP contribution in [0.25, 0.3) is 0 Å². The smallest absolute Gasteiger partial charge is 0.338 e. The fourth-order valence-electron chi connectivity index (χ4n) is 3.77. The van der Waals surface area contributed by atoms with Crippen molar-refractivity contribution in [3.05, 3.63) is 85.0 Å². The van der Waals surface area contributed by atoms with Crippen molar-refractivity contribution in [1.29, 1.82) is 0 Å². The van der Waals surface area contributed by atoms with E-state index in [1.807, 2.05) is 0 Å². The van der Waals surface area contributed by atoms with Crippen molar-refractivity contribution in [1.82, 2.24) is 0 Å². The molecule has 0 heterocycles. The first-order valence-corrected chi connectivity index (χ1v) is 14.8. The van der Waals surface area contributed by atoms with Gasteiger partial charge in [0.05, 0.1) is 37.6 Å². The maximum Gasteiger partial charge on any atom is 0.338 e. The zero-order chi connectivity index (χ0) is 31.8. The third kappa shape index (κ3) is 15.6. The quantitative estimate of drug-likeness (QED) is 0.0637. The van der Waals surface area contributed by atoms with E-state index in [1.54, 1.807) is 48.5 Å². The third-order valence-electron chi connectivity index (χ3n) is 6.17. The van der Waals surface area contributed by atoms with Gasteiger partial charge in [0, 0.05) is 12.2 Å². The monoisotopic (exact) mass is 610 g/mol. The van der Waals surface area contributed by atoms with Crippen molar-refractivity contribution in [2.75, 3.05) is 39.6 Å². The average molecular weight is 611 g/mol. The summed E-state index contributed by atoms with van der Waals surface area (Å²) >= 11 is 0. The minimum Gasteiger partial charge on any atom is -0.494 e. The highest BCUT2D eigenvalue weighted by Crippen LogP contribution is 2.15. The summed E-state index contributed by atoms with van der Waals surface area (Å²) < 4.78 is 31.7. The van der Waals surface area contributed by atoms with E-state index in [1.165, 1.54) is 0 Å². The number of hydrogen-bond donors (Lipinski definition) is 0. The summed E-state index contributed by atoms with van der Waals surface area (Å²) in [6.45, 7) is 8.40. The Hall–Kier alpha value is -4.60. The van der Waals surface area contributed by atoms with E-state index in [-0.39, 0.29) is 13.2 Å². The minimum absolute atomic E-state index is 0.0759. The first-order chi connectivity index (χ1) is 21.4. The van der Waals surface area contributed by atoms with Crippen LogP contribution in [0.5, 0.6) is 11.5 Å². The first kappa shape index (κ1) is 35.6. The lowest BCUT2D eigenvalue weighted by atomic mass is 10.2. The summed E-state index contributed by atoms with van der Waals surface area (Å²) in [4.78, 5) is 46.5. The molecule has 0 amide bonds. The summed E-state index contributed by atoms with van der Waals surface area (Å²) in [7, 11) is 0. The van der Waals surface area contributed by atoms with E-state index >= 15 is 0 Å². The Morgan fingerprint density at radius 1 is 0.455 bits per heavy atom. The van der Waals surface area contributed by atoms with Crippen LogP contribution in [0.3, 0.4) is 0 Å². The first-order valence-electron chi connectivity index (χ1n) is 14.8. The number of rotatable bonds is 23. The molecular formula is C34H42O10. The van der Waals surface area contributed by atoms with Crippen molar-refractivity contribution in [3.8, 4) is 11.5 Å². The molecule has 44 heavy (non-hydrogen) atoms. The Labute approximate surface area is 258 Å². The van der Waals surface area contributed by atoms with Gasteiger partial charge in [-0.25, -0.2) is 19.2 Å². The van der Waals surface area contributed by atoms with E-state index in [9.17, 15) is 19.2 Å². The molecule has 0 atom stereocenters. The SMILES string of the molecule is C=CC(=O)OCCCCCCOc1ccc(C(=O)OCCOC(=O)c2ccc(OCCCCCCOC(=O)C=C)cc2)cc1. The molecule has 0 spiro atoms. The second-order valence-electron chi connectivity index (χ2n) is 9.59. The summed E-state index contributed by atoms with van der Waals surface area (Å²) in [6, 6.07) is 13.3. The molecule has 0 aliphatic heterocycles. The van der Waals surface area contributed by atoms with Crippen LogP contribution >= 0.6 is 0 Å². The van der Waals surface area contributed by atoms with Gasteiger partial charge in [0.1, 0.15) is 24.7 Å². The average Bonchev–Trinajstić information content (AvgIpc) is 3.05. The highest BCUT2D eigenvalue weighted by molar-refractivity contribution is 5.90. The maximum atomic E-state index is 12.3. The lowest BCUT2D eigenvalue weighted by Crippen LogP contribution is -2.14. The third-order valence-corrected chi connectivity index (χ3v) is 6.17. The molecule has 0 aliphatic carbocycles. The molecule has 0 N–H and O–H groups in total. The fourth-order valence-corrected chi connectivity index (χ4v) is 3.77. The molecular weight excluding hydrogens is 568 g/mol. The summed E-state index contributed by atoms with van der Waals surface area (Å²) in [5.74, 6) is -0.571. The van der Waals surface area contributed by atoms with E-state index in [0.717, 1.165) is 63.5 Å². The van der Waals surface area contributed by atoms with Crippen LogP contribution in [0, 0.1) is 0 Å². The van der Waals surface area contributed by atoms with Crippen molar-refractivity contribution in [3.63, 3.8) is 0 Å². The van der Waals surface area contributed by atoms with E-state index in [2.05, 4.69) is 13.2 Å². The molecule has 0 fully saturated rings. The Morgan fingerprint density at radius 2 is 0.795 bits per heavy atom. The fraction of sp³-hybridized carbons (Fsp3) is 0.412. The highest BCUT2D eigenvalue weighted by atomic mass is 16.6. The van der Waals surface area contributed by atoms with Gasteiger partial charge in [-0.3, -0.25) is 0 Å². The number of ether oxygens (including phenoxy) is 6. The Morgan fingerprint density at radius 3 is 1.14 bits per heavy atom. The molecule has 0 unspecified atom stereocenters. The summed E-state index contributed by atoms with van der Waals surface area (Å²) in [5.41, 5.74) is 0.727. The van der Waals surface area contributed by atoms with Crippen LogP contribution in [-0.2, 0) is 28.5 Å². The van der Waals surface area contributed by atoms with Crippen LogP contribution in [0.15, 0.2) is 73.8 Å².